The van der Waals surface area contributed by atoms with Gasteiger partial charge in [-0.15, -0.1) is 13.2 Å². The molecule has 1 aliphatic heterocycles. The van der Waals surface area contributed by atoms with Gasteiger partial charge in [-0.1, -0.05) is 0 Å². The van der Waals surface area contributed by atoms with Crippen molar-refractivity contribution in [3.05, 3.63) is 0 Å². The van der Waals surface area contributed by atoms with E-state index in [1.54, 1.807) is 0 Å². The van der Waals surface area contributed by atoms with E-state index in [1.165, 1.54) is 0 Å². The molecule has 0 aromatic heterocycles. The molecule has 6 heteroatoms. The number of alkyl halides is 3. The van der Waals surface area contributed by atoms with Crippen molar-refractivity contribution in [3.8, 4) is 0 Å². The maximum absolute atomic E-state index is 11.3. The predicted octanol–water partition coefficient (Wildman–Crippen LogP) is 0.784. The summed E-state index contributed by atoms with van der Waals surface area (Å²) in [7, 11) is 0. The van der Waals surface area contributed by atoms with E-state index in [4.69, 9.17) is 0 Å². The molecule has 0 saturated heterocycles. The monoisotopic (exact) mass is 154 g/mol. The Labute approximate surface area is 54.4 Å². The smallest absolute Gasteiger partial charge is 0.327 e. The fourth-order valence-electron chi connectivity index (χ4n) is 0.432. The fourth-order valence-corrected chi connectivity index (χ4v) is 0.432. The van der Waals surface area contributed by atoms with Crippen molar-refractivity contribution < 1.29 is 22.6 Å². The van der Waals surface area contributed by atoms with E-state index in [0.717, 1.165) is 0 Å². The Balaban J connectivity index is 2.31. The van der Waals surface area contributed by atoms with Crippen LogP contribution in [0.4, 0.5) is 13.2 Å². The van der Waals surface area contributed by atoms with Gasteiger partial charge >= 0.3 is 6.36 Å². The first-order chi connectivity index (χ1) is 4.58. The van der Waals surface area contributed by atoms with E-state index in [9.17, 15) is 13.2 Å². The van der Waals surface area contributed by atoms with Gasteiger partial charge in [0, 0.05) is 0 Å². The summed E-state index contributed by atoms with van der Waals surface area (Å²) in [4.78, 5) is 3.11. The highest BCUT2D eigenvalue weighted by Crippen LogP contribution is 2.20. The maximum Gasteiger partial charge on any atom is 0.526 e. The van der Waals surface area contributed by atoms with E-state index in [0.29, 0.717) is 0 Å². The van der Waals surface area contributed by atoms with E-state index >= 15 is 0 Å². The molecule has 1 heterocycles. The summed E-state index contributed by atoms with van der Waals surface area (Å²) in [6.07, 6.45) is -4.08. The Hall–Kier alpha value is -0.620. The molecular formula is C4H3F3NO2. The van der Waals surface area contributed by atoms with Crippen LogP contribution in [0, 0.1) is 0 Å². The van der Waals surface area contributed by atoms with Crippen LogP contribution < -0.4 is 0 Å². The number of hydrogen-bond donors (Lipinski definition) is 0. The minimum atomic E-state index is -4.69. The van der Waals surface area contributed by atoms with Crippen LogP contribution in [0.1, 0.15) is 0 Å². The average Bonchev–Trinajstić information content (AvgIpc) is 2.12. The summed E-state index contributed by atoms with van der Waals surface area (Å²) in [5.41, 5.74) is 0. The van der Waals surface area contributed by atoms with Gasteiger partial charge in [-0.2, -0.15) is 0 Å². The van der Waals surface area contributed by atoms with Gasteiger partial charge in [0.2, 0.25) is 0 Å². The number of nitrogens with zero attached hydrogens (tertiary/aromatic N) is 1. The van der Waals surface area contributed by atoms with Crippen LogP contribution in [0.2, 0.25) is 0 Å². The quantitative estimate of drug-likeness (QED) is 0.558. The standard InChI is InChI=1S/C4H3F3NO2/c5-4(6,7)10-3-8-1-2-9-3/h3H,2H2. The molecule has 0 amide bonds. The van der Waals surface area contributed by atoms with Crippen LogP contribution in [0.25, 0.3) is 0 Å². The minimum absolute atomic E-state index is 0.0548. The molecule has 3 nitrogen and oxygen atoms in total. The van der Waals surface area contributed by atoms with Gasteiger partial charge in [-0.3, -0.25) is 0 Å². The molecule has 0 spiro atoms. The number of ether oxygens (including phenoxy) is 2. The van der Waals surface area contributed by atoms with Crippen LogP contribution >= 0.6 is 0 Å². The molecule has 0 bridgehead atoms. The van der Waals surface area contributed by atoms with Crippen molar-refractivity contribution >= 4 is 6.21 Å². The molecule has 0 N–H and O–H groups in total. The van der Waals surface area contributed by atoms with Crippen molar-refractivity contribution in [1.82, 2.24) is 0 Å². The summed E-state index contributed by atoms with van der Waals surface area (Å²) in [5, 5.41) is 0. The lowest BCUT2D eigenvalue weighted by Crippen LogP contribution is -2.22. The highest BCUT2D eigenvalue weighted by molar-refractivity contribution is 5.59. The first kappa shape index (κ1) is 7.49. The Kier molecular flexibility index (Phi) is 1.91. The molecule has 0 aromatic carbocycles. The summed E-state index contributed by atoms with van der Waals surface area (Å²) >= 11 is 0. The van der Waals surface area contributed by atoms with Gasteiger partial charge in [0.05, 0.1) is 12.8 Å². The Morgan fingerprint density at radius 1 is 1.60 bits per heavy atom. The number of aliphatic imine (C=N–C) groups is 1. The molecule has 10 heavy (non-hydrogen) atoms. The summed E-state index contributed by atoms with van der Waals surface area (Å²) in [6, 6.07) is 0. The zero-order valence-corrected chi connectivity index (χ0v) is 4.68. The molecule has 1 rings (SSSR count). The lowest BCUT2D eigenvalue weighted by molar-refractivity contribution is -0.372. The van der Waals surface area contributed by atoms with E-state index in [-0.39, 0.29) is 6.61 Å². The zero-order chi connectivity index (χ0) is 7.61. The molecular weight excluding hydrogens is 151 g/mol. The first-order valence-corrected chi connectivity index (χ1v) is 2.37. The Bertz CT molecular complexity index is 144. The van der Waals surface area contributed by atoms with Crippen molar-refractivity contribution in [2.75, 3.05) is 6.61 Å². The van der Waals surface area contributed by atoms with Crippen LogP contribution in [0.15, 0.2) is 4.99 Å². The third kappa shape index (κ3) is 2.32. The molecule has 0 fully saturated rings. The van der Waals surface area contributed by atoms with Crippen LogP contribution in [0.5, 0.6) is 0 Å². The molecule has 57 valence electrons. The third-order valence-electron chi connectivity index (χ3n) is 0.722. The second-order valence-electron chi connectivity index (χ2n) is 1.47. The van der Waals surface area contributed by atoms with Gasteiger partial charge in [0.15, 0.2) is 0 Å². The van der Waals surface area contributed by atoms with Crippen LogP contribution in [-0.4, -0.2) is 25.6 Å². The highest BCUT2D eigenvalue weighted by atomic mass is 19.4. The maximum atomic E-state index is 11.3. The second-order valence-corrected chi connectivity index (χ2v) is 1.47. The fraction of sp³-hybridized carbons (Fsp3) is 0.750. The Morgan fingerprint density at radius 2 is 2.30 bits per heavy atom. The molecule has 1 unspecified atom stereocenters. The zero-order valence-electron chi connectivity index (χ0n) is 4.68. The molecule has 1 atom stereocenters. The van der Waals surface area contributed by atoms with Crippen molar-refractivity contribution in [2.45, 2.75) is 12.8 Å². The van der Waals surface area contributed by atoms with Crippen molar-refractivity contribution in [3.63, 3.8) is 0 Å². The second kappa shape index (κ2) is 2.55. The highest BCUT2D eigenvalue weighted by Gasteiger charge is 2.34. The van der Waals surface area contributed by atoms with Crippen molar-refractivity contribution in [1.29, 1.82) is 0 Å². The summed E-state index contributed by atoms with van der Waals surface area (Å²) < 4.78 is 41.6. The first-order valence-electron chi connectivity index (χ1n) is 2.37. The normalized spacial score (nSPS) is 25.7. The average molecular weight is 154 g/mol. The molecule has 1 aliphatic rings. The summed E-state index contributed by atoms with van der Waals surface area (Å²) in [6.45, 7) is -0.0548. The van der Waals surface area contributed by atoms with Gasteiger partial charge in [0.25, 0.3) is 6.41 Å². The topological polar surface area (TPSA) is 30.8 Å². The summed E-state index contributed by atoms with van der Waals surface area (Å²) in [5.74, 6) is 0. The van der Waals surface area contributed by atoms with Crippen molar-refractivity contribution in [2.24, 2.45) is 4.99 Å². The largest absolute Gasteiger partial charge is 0.526 e. The number of hydrogen-bond acceptors (Lipinski definition) is 3. The van der Waals surface area contributed by atoms with Gasteiger partial charge in [0.1, 0.15) is 0 Å². The lowest BCUT2D eigenvalue weighted by Gasteiger charge is -2.10. The Morgan fingerprint density at radius 3 is 2.70 bits per heavy atom. The van der Waals surface area contributed by atoms with E-state index in [1.807, 2.05) is 0 Å². The minimum Gasteiger partial charge on any atom is -0.327 e. The van der Waals surface area contributed by atoms with Crippen LogP contribution in [-0.2, 0) is 9.47 Å². The SMILES string of the molecule is FC(F)(F)OC1N=[C]CO1. The third-order valence-corrected chi connectivity index (χ3v) is 0.722. The molecule has 0 saturated carbocycles. The lowest BCUT2D eigenvalue weighted by atomic mass is 10.8. The molecule has 0 aromatic rings. The molecule has 0 aliphatic carbocycles. The molecule has 1 radical (unpaired) electrons. The van der Waals surface area contributed by atoms with Gasteiger partial charge in [-0.05, 0) is 0 Å². The van der Waals surface area contributed by atoms with E-state index < -0.39 is 12.8 Å². The van der Waals surface area contributed by atoms with Crippen LogP contribution in [0.3, 0.4) is 0 Å². The number of rotatable bonds is 1. The van der Waals surface area contributed by atoms with Gasteiger partial charge < -0.3 is 4.74 Å². The van der Waals surface area contributed by atoms with Gasteiger partial charge in [-0.25, -0.2) is 9.73 Å². The number of halogens is 3. The predicted molar refractivity (Wildman–Crippen MR) is 24.3 cm³/mol. The van der Waals surface area contributed by atoms with E-state index in [2.05, 4.69) is 20.7 Å².